The molecule has 0 radical (unpaired) electrons. The van der Waals surface area contributed by atoms with Crippen LogP contribution in [0, 0.1) is 0 Å². The fourth-order valence-electron chi connectivity index (χ4n) is 3.73. The number of nitrogens with zero attached hydrogens (tertiary/aromatic N) is 3. The SMILES string of the molecule is C[C@@H](CO)Nc1ccc(-c2cc3ncn(C)c(=O)c3c(N[C@@H]3CCOC3)n2)cc1S(C)(=O)=O. The molecule has 10 nitrogen and oxygen atoms in total. The van der Waals surface area contributed by atoms with Crippen LogP contribution in [0.5, 0.6) is 0 Å². The van der Waals surface area contributed by atoms with E-state index in [0.717, 1.165) is 12.7 Å². The molecule has 3 heterocycles. The minimum Gasteiger partial charge on any atom is -0.394 e. The number of aromatic nitrogens is 3. The summed E-state index contributed by atoms with van der Waals surface area (Å²) in [5.74, 6) is 0.392. The van der Waals surface area contributed by atoms with Crippen molar-refractivity contribution < 1.29 is 18.3 Å². The van der Waals surface area contributed by atoms with E-state index >= 15 is 0 Å². The molecule has 1 aromatic carbocycles. The van der Waals surface area contributed by atoms with E-state index in [0.29, 0.717) is 46.9 Å². The molecule has 11 heteroatoms. The second-order valence-corrected chi connectivity index (χ2v) is 10.3. The van der Waals surface area contributed by atoms with Crippen molar-refractivity contribution in [2.24, 2.45) is 7.05 Å². The molecule has 3 aromatic rings. The summed E-state index contributed by atoms with van der Waals surface area (Å²) in [4.78, 5) is 22.0. The van der Waals surface area contributed by atoms with Gasteiger partial charge in [0.05, 0.1) is 47.4 Å². The summed E-state index contributed by atoms with van der Waals surface area (Å²) in [7, 11) is -1.95. The molecular formula is C22H27N5O5S. The number of nitrogens with one attached hydrogen (secondary N) is 2. The summed E-state index contributed by atoms with van der Waals surface area (Å²) in [6, 6.07) is 6.31. The number of ether oxygens (including phenoxy) is 1. The minimum absolute atomic E-state index is 0.0130. The zero-order valence-corrected chi connectivity index (χ0v) is 19.5. The van der Waals surface area contributed by atoms with Gasteiger partial charge in [-0.3, -0.25) is 4.79 Å². The third kappa shape index (κ3) is 4.85. The average molecular weight is 474 g/mol. The van der Waals surface area contributed by atoms with E-state index in [4.69, 9.17) is 9.72 Å². The van der Waals surface area contributed by atoms with Crippen LogP contribution in [0.15, 0.2) is 40.3 Å². The number of benzene rings is 1. The van der Waals surface area contributed by atoms with Gasteiger partial charge in [-0.2, -0.15) is 0 Å². The van der Waals surface area contributed by atoms with Crippen molar-refractivity contribution in [1.29, 1.82) is 0 Å². The molecule has 0 amide bonds. The van der Waals surface area contributed by atoms with Crippen LogP contribution in [0.3, 0.4) is 0 Å². The standard InChI is InChI=1S/C22H27N5O5S/c1-13(10-28)24-16-5-4-14(8-19(16)33(3,30)31)17-9-18-20(22(29)27(2)12-23-18)21(26-17)25-15-6-7-32-11-15/h4-5,8-9,12-13,15,24,28H,6-7,10-11H2,1-3H3,(H,25,26)/t13-,15+/m0/s1. The first-order chi connectivity index (χ1) is 15.7. The van der Waals surface area contributed by atoms with Crippen molar-refractivity contribution >= 4 is 32.2 Å². The first kappa shape index (κ1) is 23.1. The van der Waals surface area contributed by atoms with Crippen LogP contribution in [-0.4, -0.2) is 66.2 Å². The van der Waals surface area contributed by atoms with Crippen molar-refractivity contribution in [3.63, 3.8) is 0 Å². The molecule has 1 aliphatic heterocycles. The number of hydrogen-bond acceptors (Lipinski definition) is 9. The van der Waals surface area contributed by atoms with E-state index in [9.17, 15) is 18.3 Å². The minimum atomic E-state index is -3.57. The molecule has 1 saturated heterocycles. The topological polar surface area (TPSA) is 135 Å². The summed E-state index contributed by atoms with van der Waals surface area (Å²) in [5, 5.41) is 16.0. The predicted molar refractivity (Wildman–Crippen MR) is 126 cm³/mol. The molecule has 1 aliphatic rings. The lowest BCUT2D eigenvalue weighted by Gasteiger charge is -2.18. The van der Waals surface area contributed by atoms with Crippen molar-refractivity contribution in [2.45, 2.75) is 30.3 Å². The smallest absolute Gasteiger partial charge is 0.264 e. The lowest BCUT2D eigenvalue weighted by molar-refractivity contribution is 0.195. The van der Waals surface area contributed by atoms with E-state index in [1.807, 2.05) is 0 Å². The second kappa shape index (κ2) is 9.08. The fourth-order valence-corrected chi connectivity index (χ4v) is 4.60. The lowest BCUT2D eigenvalue weighted by Crippen LogP contribution is -2.24. The molecule has 2 aromatic heterocycles. The number of aryl methyl sites for hydroxylation is 1. The zero-order valence-electron chi connectivity index (χ0n) is 18.7. The average Bonchev–Trinajstić information content (AvgIpc) is 3.28. The highest BCUT2D eigenvalue weighted by Gasteiger charge is 2.21. The van der Waals surface area contributed by atoms with E-state index in [1.165, 1.54) is 10.9 Å². The largest absolute Gasteiger partial charge is 0.394 e. The van der Waals surface area contributed by atoms with Gasteiger partial charge in [-0.1, -0.05) is 6.07 Å². The van der Waals surface area contributed by atoms with E-state index in [-0.39, 0.29) is 29.1 Å². The number of fused-ring (bicyclic) bond motifs is 1. The summed E-state index contributed by atoms with van der Waals surface area (Å²) < 4.78 is 31.8. The number of pyridine rings is 1. The Morgan fingerprint density at radius 1 is 1.33 bits per heavy atom. The Balaban J connectivity index is 1.87. The number of hydrogen-bond donors (Lipinski definition) is 3. The first-order valence-corrected chi connectivity index (χ1v) is 12.5. The summed E-state index contributed by atoms with van der Waals surface area (Å²) in [6.07, 6.45) is 3.37. The number of sulfone groups is 1. The predicted octanol–water partition coefficient (Wildman–Crippen LogP) is 1.39. The number of aliphatic hydroxyl groups is 1. The Hall–Kier alpha value is -3.02. The molecule has 176 valence electrons. The maximum Gasteiger partial charge on any atom is 0.264 e. The molecule has 1 fully saturated rings. The van der Waals surface area contributed by atoms with Crippen LogP contribution >= 0.6 is 0 Å². The van der Waals surface area contributed by atoms with Crippen LogP contribution in [-0.2, 0) is 21.6 Å². The second-order valence-electron chi connectivity index (χ2n) is 8.33. The van der Waals surface area contributed by atoms with Gasteiger partial charge < -0.3 is 25.0 Å². The fraction of sp³-hybridized carbons (Fsp3) is 0.409. The van der Waals surface area contributed by atoms with Gasteiger partial charge in [-0.15, -0.1) is 0 Å². The lowest BCUT2D eigenvalue weighted by atomic mass is 10.1. The van der Waals surface area contributed by atoms with Crippen molar-refractivity contribution in [2.75, 3.05) is 36.7 Å². The van der Waals surface area contributed by atoms with Crippen LogP contribution in [0.4, 0.5) is 11.5 Å². The van der Waals surface area contributed by atoms with Crippen LogP contribution in [0.1, 0.15) is 13.3 Å². The van der Waals surface area contributed by atoms with Crippen molar-refractivity contribution in [3.8, 4) is 11.3 Å². The van der Waals surface area contributed by atoms with Crippen LogP contribution in [0.2, 0.25) is 0 Å². The Morgan fingerprint density at radius 2 is 2.12 bits per heavy atom. The summed E-state index contributed by atoms with van der Waals surface area (Å²) >= 11 is 0. The molecule has 33 heavy (non-hydrogen) atoms. The first-order valence-electron chi connectivity index (χ1n) is 10.6. The third-order valence-electron chi connectivity index (χ3n) is 5.53. The van der Waals surface area contributed by atoms with Crippen LogP contribution in [0.25, 0.3) is 22.2 Å². The highest BCUT2D eigenvalue weighted by Crippen LogP contribution is 2.31. The highest BCUT2D eigenvalue weighted by atomic mass is 32.2. The van der Waals surface area contributed by atoms with Gasteiger partial charge in [-0.05, 0) is 31.5 Å². The number of anilines is 2. The molecule has 0 saturated carbocycles. The van der Waals surface area contributed by atoms with Gasteiger partial charge in [-0.25, -0.2) is 18.4 Å². The van der Waals surface area contributed by atoms with Gasteiger partial charge >= 0.3 is 0 Å². The van der Waals surface area contributed by atoms with E-state index < -0.39 is 9.84 Å². The Morgan fingerprint density at radius 3 is 2.79 bits per heavy atom. The van der Waals surface area contributed by atoms with E-state index in [1.54, 1.807) is 38.2 Å². The molecule has 2 atom stereocenters. The summed E-state index contributed by atoms with van der Waals surface area (Å²) in [5.41, 5.74) is 1.68. The highest BCUT2D eigenvalue weighted by molar-refractivity contribution is 7.90. The van der Waals surface area contributed by atoms with E-state index in [2.05, 4.69) is 15.6 Å². The van der Waals surface area contributed by atoms with Gasteiger partial charge in [0.2, 0.25) is 0 Å². The maximum atomic E-state index is 12.8. The Labute approximate surface area is 191 Å². The zero-order chi connectivity index (χ0) is 23.8. The van der Waals surface area contributed by atoms with Crippen molar-refractivity contribution in [3.05, 3.63) is 40.9 Å². The number of aliphatic hydroxyl groups excluding tert-OH is 1. The normalized spacial score (nSPS) is 17.3. The molecule has 0 spiro atoms. The Kier molecular flexibility index (Phi) is 6.37. The quantitative estimate of drug-likeness (QED) is 0.465. The molecule has 3 N–H and O–H groups in total. The molecular weight excluding hydrogens is 446 g/mol. The third-order valence-corrected chi connectivity index (χ3v) is 6.66. The van der Waals surface area contributed by atoms with Crippen LogP contribution < -0.4 is 16.2 Å². The van der Waals surface area contributed by atoms with Gasteiger partial charge in [0.15, 0.2) is 9.84 Å². The van der Waals surface area contributed by atoms with Gasteiger partial charge in [0.1, 0.15) is 11.2 Å². The monoisotopic (exact) mass is 473 g/mol. The Bertz CT molecular complexity index is 1350. The number of rotatable bonds is 7. The molecule has 0 bridgehead atoms. The molecule has 4 rings (SSSR count). The van der Waals surface area contributed by atoms with Gasteiger partial charge in [0, 0.05) is 31.5 Å². The maximum absolute atomic E-state index is 12.8. The van der Waals surface area contributed by atoms with Gasteiger partial charge in [0.25, 0.3) is 5.56 Å². The molecule has 0 aliphatic carbocycles. The summed E-state index contributed by atoms with van der Waals surface area (Å²) in [6.45, 7) is 2.75. The molecule has 0 unspecified atom stereocenters. The van der Waals surface area contributed by atoms with Crippen molar-refractivity contribution in [1.82, 2.24) is 14.5 Å².